The number of hydrogen-bond donors (Lipinski definition) is 1. The number of esters is 1. The highest BCUT2D eigenvalue weighted by molar-refractivity contribution is 6.39. The summed E-state index contributed by atoms with van der Waals surface area (Å²) in [6, 6.07) is 9.39. The van der Waals surface area contributed by atoms with Gasteiger partial charge in [0, 0.05) is 23.2 Å². The molecule has 1 N–H and O–H groups in total. The molecule has 30 heavy (non-hydrogen) atoms. The van der Waals surface area contributed by atoms with Gasteiger partial charge in [0.05, 0.1) is 24.2 Å². The number of aliphatic hydroxyl groups excluding tert-OH is 1. The summed E-state index contributed by atoms with van der Waals surface area (Å²) in [5.74, 6) is -4.31. The van der Waals surface area contributed by atoms with E-state index < -0.39 is 34.6 Å². The highest BCUT2D eigenvalue weighted by Gasteiger charge is 2.18. The van der Waals surface area contributed by atoms with Gasteiger partial charge in [-0.05, 0) is 37.3 Å². The zero-order valence-corrected chi connectivity index (χ0v) is 15.9. The van der Waals surface area contributed by atoms with Gasteiger partial charge >= 0.3 is 5.97 Å². The van der Waals surface area contributed by atoms with Crippen molar-refractivity contribution in [2.24, 2.45) is 0 Å². The van der Waals surface area contributed by atoms with Crippen molar-refractivity contribution in [1.29, 1.82) is 0 Å². The van der Waals surface area contributed by atoms with Crippen LogP contribution in [0.4, 0.5) is 8.78 Å². The number of benzene rings is 2. The number of ether oxygens (including phenoxy) is 1. The van der Waals surface area contributed by atoms with Crippen LogP contribution in [-0.2, 0) is 20.9 Å². The highest BCUT2D eigenvalue weighted by Crippen LogP contribution is 2.19. The summed E-state index contributed by atoms with van der Waals surface area (Å²) < 4.78 is 33.7. The minimum absolute atomic E-state index is 0.0266. The predicted octanol–water partition coefficient (Wildman–Crippen LogP) is 3.36. The van der Waals surface area contributed by atoms with E-state index in [1.165, 1.54) is 23.8 Å². The normalized spacial score (nSPS) is 11.5. The van der Waals surface area contributed by atoms with Crippen LogP contribution in [0.2, 0.25) is 0 Å². The summed E-state index contributed by atoms with van der Waals surface area (Å²) in [7, 11) is 0. The molecular formula is C22H17F2NO5. The van der Waals surface area contributed by atoms with E-state index in [4.69, 9.17) is 0 Å². The van der Waals surface area contributed by atoms with E-state index in [1.54, 1.807) is 18.2 Å². The highest BCUT2D eigenvalue weighted by atomic mass is 19.1. The molecule has 0 aliphatic heterocycles. The van der Waals surface area contributed by atoms with Crippen LogP contribution in [0.1, 0.15) is 18.1 Å². The van der Waals surface area contributed by atoms with Crippen molar-refractivity contribution in [3.05, 3.63) is 87.7 Å². The number of aliphatic hydroxyl groups is 1. The lowest BCUT2D eigenvalue weighted by molar-refractivity contribution is -0.151. The van der Waals surface area contributed by atoms with E-state index in [0.717, 1.165) is 18.2 Å². The number of pyridine rings is 1. The number of carbonyl (C=O) groups is 2. The second kappa shape index (κ2) is 8.69. The number of carbonyl (C=O) groups excluding carboxylic acids is 2. The molecule has 154 valence electrons. The number of hydrogen-bond acceptors (Lipinski definition) is 5. The second-order valence-electron chi connectivity index (χ2n) is 6.37. The van der Waals surface area contributed by atoms with Gasteiger partial charge in [-0.2, -0.15) is 0 Å². The molecule has 0 unspecified atom stereocenters. The first kappa shape index (κ1) is 20.9. The van der Waals surface area contributed by atoms with Crippen LogP contribution in [0, 0.1) is 11.6 Å². The average molecular weight is 413 g/mol. The molecule has 0 fully saturated rings. The third-order valence-corrected chi connectivity index (χ3v) is 4.36. The lowest BCUT2D eigenvalue weighted by Gasteiger charge is -2.14. The van der Waals surface area contributed by atoms with E-state index in [-0.39, 0.29) is 29.7 Å². The van der Waals surface area contributed by atoms with Gasteiger partial charge < -0.3 is 14.4 Å². The van der Waals surface area contributed by atoms with Crippen LogP contribution in [0.5, 0.6) is 0 Å². The number of fused-ring (bicyclic) bond motifs is 1. The standard InChI is InChI=1S/C22H17F2NO5/c1-2-30-22(29)20(27)10-19(26)16-12-25(11-13-9-14(23)7-8-17(13)24)18-6-4-3-5-15(18)21(16)28/h3-10,12,26H,2,11H2,1H3. The molecule has 0 atom stereocenters. The molecule has 1 aromatic heterocycles. The smallest absolute Gasteiger partial charge is 0.379 e. The number of para-hydroxylation sites is 1. The monoisotopic (exact) mass is 413 g/mol. The van der Waals surface area contributed by atoms with Crippen LogP contribution in [0.15, 0.2) is 59.5 Å². The summed E-state index contributed by atoms with van der Waals surface area (Å²) >= 11 is 0. The SMILES string of the molecule is CCOC(=O)C(=O)C=C(O)c1cn(Cc2cc(F)ccc2F)c2ccccc2c1=O. The Morgan fingerprint density at radius 3 is 2.63 bits per heavy atom. The molecule has 3 rings (SSSR count). The minimum Gasteiger partial charge on any atom is -0.507 e. The number of aromatic nitrogens is 1. The molecule has 0 saturated heterocycles. The van der Waals surface area contributed by atoms with E-state index >= 15 is 0 Å². The Morgan fingerprint density at radius 2 is 1.90 bits per heavy atom. The number of rotatable bonds is 6. The van der Waals surface area contributed by atoms with Gasteiger partial charge in [0.1, 0.15) is 17.4 Å². The predicted molar refractivity (Wildman–Crippen MR) is 106 cm³/mol. The van der Waals surface area contributed by atoms with Crippen LogP contribution >= 0.6 is 0 Å². The Balaban J connectivity index is 2.14. The Morgan fingerprint density at radius 1 is 1.17 bits per heavy atom. The fourth-order valence-corrected chi connectivity index (χ4v) is 2.97. The Bertz CT molecular complexity index is 1230. The fourth-order valence-electron chi connectivity index (χ4n) is 2.97. The third-order valence-electron chi connectivity index (χ3n) is 4.36. The van der Waals surface area contributed by atoms with Gasteiger partial charge in [-0.15, -0.1) is 0 Å². The molecule has 0 radical (unpaired) electrons. The Labute approximate surface area is 169 Å². The lowest BCUT2D eigenvalue weighted by Crippen LogP contribution is -2.18. The Hall–Kier alpha value is -3.81. The fraction of sp³-hybridized carbons (Fsp3) is 0.136. The maximum absolute atomic E-state index is 14.1. The van der Waals surface area contributed by atoms with Crippen molar-refractivity contribution in [2.45, 2.75) is 13.5 Å². The van der Waals surface area contributed by atoms with E-state index in [9.17, 15) is 28.3 Å². The van der Waals surface area contributed by atoms with Gasteiger partial charge in [-0.3, -0.25) is 9.59 Å². The van der Waals surface area contributed by atoms with E-state index in [1.807, 2.05) is 0 Å². The number of nitrogens with zero attached hydrogens (tertiary/aromatic N) is 1. The van der Waals surface area contributed by atoms with Crippen molar-refractivity contribution in [3.8, 4) is 0 Å². The van der Waals surface area contributed by atoms with Crippen molar-refractivity contribution in [1.82, 2.24) is 4.57 Å². The largest absolute Gasteiger partial charge is 0.507 e. The van der Waals surface area contributed by atoms with Gasteiger partial charge in [-0.1, -0.05) is 12.1 Å². The molecule has 0 saturated carbocycles. The first-order valence-corrected chi connectivity index (χ1v) is 9.00. The molecule has 3 aromatic rings. The Kier molecular flexibility index (Phi) is 6.06. The molecule has 0 amide bonds. The molecule has 1 heterocycles. The van der Waals surface area contributed by atoms with Crippen LogP contribution in [0.3, 0.4) is 0 Å². The summed E-state index contributed by atoms with van der Waals surface area (Å²) in [5.41, 5.74) is -0.421. The van der Waals surface area contributed by atoms with Crippen molar-refractivity contribution in [2.75, 3.05) is 6.61 Å². The van der Waals surface area contributed by atoms with Gasteiger partial charge in [-0.25, -0.2) is 13.6 Å². The number of halogens is 2. The molecule has 0 bridgehead atoms. The summed E-state index contributed by atoms with van der Waals surface area (Å²) in [6.07, 6.45) is 1.82. The maximum Gasteiger partial charge on any atom is 0.379 e. The van der Waals surface area contributed by atoms with Crippen molar-refractivity contribution in [3.63, 3.8) is 0 Å². The van der Waals surface area contributed by atoms with Gasteiger partial charge in [0.15, 0.2) is 5.43 Å². The average Bonchev–Trinajstić information content (AvgIpc) is 2.72. The molecular weight excluding hydrogens is 396 g/mol. The summed E-state index contributed by atoms with van der Waals surface area (Å²) in [6.45, 7) is 1.35. The topological polar surface area (TPSA) is 85.6 Å². The van der Waals surface area contributed by atoms with Gasteiger partial charge in [0.2, 0.25) is 0 Å². The molecule has 0 aliphatic rings. The molecule has 8 heteroatoms. The van der Waals surface area contributed by atoms with Crippen LogP contribution in [-0.4, -0.2) is 28.0 Å². The third kappa shape index (κ3) is 4.27. The zero-order chi connectivity index (χ0) is 21.8. The first-order chi connectivity index (χ1) is 14.3. The van der Waals surface area contributed by atoms with Crippen LogP contribution in [0.25, 0.3) is 16.7 Å². The summed E-state index contributed by atoms with van der Waals surface area (Å²) in [5, 5.41) is 10.5. The molecule has 6 nitrogen and oxygen atoms in total. The second-order valence-corrected chi connectivity index (χ2v) is 6.37. The zero-order valence-electron chi connectivity index (χ0n) is 15.9. The molecule has 0 spiro atoms. The van der Waals surface area contributed by atoms with Crippen molar-refractivity contribution >= 4 is 28.4 Å². The summed E-state index contributed by atoms with van der Waals surface area (Å²) in [4.78, 5) is 36.1. The first-order valence-electron chi connectivity index (χ1n) is 9.00. The molecule has 2 aromatic carbocycles. The minimum atomic E-state index is -1.17. The van der Waals surface area contributed by atoms with E-state index in [0.29, 0.717) is 11.6 Å². The van der Waals surface area contributed by atoms with Gasteiger partial charge in [0.25, 0.3) is 5.78 Å². The lowest BCUT2D eigenvalue weighted by atomic mass is 10.1. The number of ketones is 1. The van der Waals surface area contributed by atoms with E-state index in [2.05, 4.69) is 4.74 Å². The molecule has 0 aliphatic carbocycles. The quantitative estimate of drug-likeness (QED) is 0.290. The maximum atomic E-state index is 14.1. The van der Waals surface area contributed by atoms with Crippen LogP contribution < -0.4 is 5.43 Å². The van der Waals surface area contributed by atoms with Crippen molar-refractivity contribution < 1.29 is 28.2 Å².